The standard InChI is InChI=1S/C52H32N2O/c1-2-14-37(15-3-1)53-45-21-9-7-18-41(45)44-30-33(26-28-47(44)53)34-25-27-42-40-17-6-10-22-46(40)54(49(42)31-34)48-32-36(29-35-13-4-5-16-38(35)48)39-20-12-24-51-52(39)43-19-8-11-23-50(43)55-51/h1-32H. The minimum Gasteiger partial charge on any atom is -0.456 e. The van der Waals surface area contributed by atoms with Gasteiger partial charge in [-0.05, 0) is 94.4 Å². The summed E-state index contributed by atoms with van der Waals surface area (Å²) in [7, 11) is 0. The summed E-state index contributed by atoms with van der Waals surface area (Å²) in [5.74, 6) is 0. The fraction of sp³-hybridized carbons (Fsp3) is 0. The molecule has 0 saturated heterocycles. The van der Waals surface area contributed by atoms with Crippen LogP contribution in [0.5, 0.6) is 0 Å². The Kier molecular flexibility index (Phi) is 6.34. The second-order valence-corrected chi connectivity index (χ2v) is 14.5. The molecule has 0 aliphatic rings. The molecule has 0 radical (unpaired) electrons. The van der Waals surface area contributed by atoms with Crippen LogP contribution in [0.1, 0.15) is 0 Å². The van der Waals surface area contributed by atoms with Crippen LogP contribution in [0.4, 0.5) is 0 Å². The molecule has 12 rings (SSSR count). The van der Waals surface area contributed by atoms with Gasteiger partial charge in [0, 0.05) is 43.4 Å². The summed E-state index contributed by atoms with van der Waals surface area (Å²) in [5, 5.41) is 9.66. The first-order chi connectivity index (χ1) is 27.3. The highest BCUT2D eigenvalue weighted by Gasteiger charge is 2.19. The van der Waals surface area contributed by atoms with Crippen LogP contribution in [-0.2, 0) is 0 Å². The van der Waals surface area contributed by atoms with E-state index in [1.54, 1.807) is 0 Å². The molecular formula is C52H32N2O. The first-order valence-electron chi connectivity index (χ1n) is 18.8. The second kappa shape index (κ2) is 11.6. The van der Waals surface area contributed by atoms with Crippen molar-refractivity contribution in [3.05, 3.63) is 194 Å². The SMILES string of the molecule is c1ccc(-n2c3ccccc3c3cc(-c4ccc5c6ccccc6n(-c6cc(-c7cccc8oc9ccccc9c78)cc7ccccc67)c5c4)ccc32)cc1. The lowest BCUT2D eigenvalue weighted by molar-refractivity contribution is 0.669. The number of nitrogens with zero attached hydrogens (tertiary/aromatic N) is 2. The van der Waals surface area contributed by atoms with Crippen molar-refractivity contribution < 1.29 is 4.42 Å². The predicted molar refractivity (Wildman–Crippen MR) is 231 cm³/mol. The van der Waals surface area contributed by atoms with Crippen LogP contribution in [0.2, 0.25) is 0 Å². The third-order valence-electron chi connectivity index (χ3n) is 11.5. The van der Waals surface area contributed by atoms with E-state index >= 15 is 0 Å². The van der Waals surface area contributed by atoms with Gasteiger partial charge in [-0.3, -0.25) is 0 Å². The van der Waals surface area contributed by atoms with Crippen LogP contribution in [0.15, 0.2) is 199 Å². The molecule has 0 N–H and O–H groups in total. The van der Waals surface area contributed by atoms with E-state index in [9.17, 15) is 0 Å². The molecule has 0 spiro atoms. The predicted octanol–water partition coefficient (Wildman–Crippen LogP) is 14.3. The summed E-state index contributed by atoms with van der Waals surface area (Å²) in [6.45, 7) is 0. The van der Waals surface area contributed by atoms with E-state index in [1.165, 1.54) is 76.8 Å². The maximum absolute atomic E-state index is 6.34. The first kappa shape index (κ1) is 30.1. The Bertz CT molecular complexity index is 3490. The van der Waals surface area contributed by atoms with Gasteiger partial charge in [0.2, 0.25) is 0 Å². The molecule has 0 atom stereocenters. The molecule has 0 fully saturated rings. The molecule has 3 aromatic heterocycles. The molecule has 9 aromatic carbocycles. The second-order valence-electron chi connectivity index (χ2n) is 14.5. The Morgan fingerprint density at radius 2 is 0.945 bits per heavy atom. The Morgan fingerprint density at radius 1 is 0.327 bits per heavy atom. The van der Waals surface area contributed by atoms with E-state index < -0.39 is 0 Å². The van der Waals surface area contributed by atoms with Crippen LogP contribution < -0.4 is 0 Å². The van der Waals surface area contributed by atoms with E-state index in [2.05, 4.69) is 197 Å². The molecule has 256 valence electrons. The number of para-hydroxylation sites is 4. The Balaban J connectivity index is 1.11. The van der Waals surface area contributed by atoms with Gasteiger partial charge in [-0.15, -0.1) is 0 Å². The highest BCUT2D eigenvalue weighted by Crippen LogP contribution is 2.42. The van der Waals surface area contributed by atoms with Gasteiger partial charge in [-0.25, -0.2) is 0 Å². The van der Waals surface area contributed by atoms with Gasteiger partial charge in [0.05, 0.1) is 27.8 Å². The monoisotopic (exact) mass is 700 g/mol. The summed E-state index contributed by atoms with van der Waals surface area (Å²) in [4.78, 5) is 0. The van der Waals surface area contributed by atoms with Gasteiger partial charge in [-0.2, -0.15) is 0 Å². The summed E-state index contributed by atoms with van der Waals surface area (Å²) in [5.41, 5.74) is 13.6. The minimum atomic E-state index is 0.902. The van der Waals surface area contributed by atoms with Crippen LogP contribution in [-0.4, -0.2) is 9.13 Å². The number of hydrogen-bond acceptors (Lipinski definition) is 1. The van der Waals surface area contributed by atoms with E-state index in [0.29, 0.717) is 0 Å². The van der Waals surface area contributed by atoms with Crippen molar-refractivity contribution in [3.8, 4) is 33.6 Å². The van der Waals surface area contributed by atoms with Crippen molar-refractivity contribution in [3.63, 3.8) is 0 Å². The lowest BCUT2D eigenvalue weighted by Crippen LogP contribution is -1.97. The lowest BCUT2D eigenvalue weighted by Gasteiger charge is -2.15. The Labute approximate surface area is 316 Å². The van der Waals surface area contributed by atoms with Gasteiger partial charge in [0.25, 0.3) is 0 Å². The lowest BCUT2D eigenvalue weighted by atomic mass is 9.96. The van der Waals surface area contributed by atoms with Crippen LogP contribution in [0.3, 0.4) is 0 Å². The molecule has 0 unspecified atom stereocenters. The third-order valence-corrected chi connectivity index (χ3v) is 11.5. The summed E-state index contributed by atoms with van der Waals surface area (Å²) < 4.78 is 11.2. The average molecular weight is 701 g/mol. The zero-order valence-corrected chi connectivity index (χ0v) is 29.8. The van der Waals surface area contributed by atoms with Crippen LogP contribution in [0.25, 0.3) is 110 Å². The number of benzene rings is 9. The molecule has 0 aliphatic heterocycles. The quantitative estimate of drug-likeness (QED) is 0.179. The number of rotatable bonds is 4. The summed E-state index contributed by atoms with van der Waals surface area (Å²) in [6.07, 6.45) is 0. The zero-order chi connectivity index (χ0) is 36.0. The summed E-state index contributed by atoms with van der Waals surface area (Å²) in [6, 6.07) is 70.4. The molecule has 0 amide bonds. The van der Waals surface area contributed by atoms with Gasteiger partial charge in [0.15, 0.2) is 0 Å². The van der Waals surface area contributed by atoms with Gasteiger partial charge in [0.1, 0.15) is 11.2 Å². The Hall–Kier alpha value is -7.36. The number of furan rings is 1. The fourth-order valence-electron chi connectivity index (χ4n) is 9.06. The molecule has 12 aromatic rings. The number of fused-ring (bicyclic) bond motifs is 10. The molecule has 0 saturated carbocycles. The number of hydrogen-bond donors (Lipinski definition) is 0. The van der Waals surface area contributed by atoms with E-state index in [-0.39, 0.29) is 0 Å². The Morgan fingerprint density at radius 3 is 1.80 bits per heavy atom. The molecule has 0 aliphatic carbocycles. The minimum absolute atomic E-state index is 0.902. The fourth-order valence-corrected chi connectivity index (χ4v) is 9.06. The number of aromatic nitrogens is 2. The van der Waals surface area contributed by atoms with Gasteiger partial charge >= 0.3 is 0 Å². The zero-order valence-electron chi connectivity index (χ0n) is 29.8. The smallest absolute Gasteiger partial charge is 0.136 e. The molecule has 55 heavy (non-hydrogen) atoms. The van der Waals surface area contributed by atoms with Crippen molar-refractivity contribution in [2.45, 2.75) is 0 Å². The normalized spacial score (nSPS) is 12.0. The largest absolute Gasteiger partial charge is 0.456 e. The van der Waals surface area contributed by atoms with Crippen LogP contribution >= 0.6 is 0 Å². The first-order valence-corrected chi connectivity index (χ1v) is 18.8. The van der Waals surface area contributed by atoms with E-state index in [0.717, 1.165) is 33.2 Å². The summed E-state index contributed by atoms with van der Waals surface area (Å²) >= 11 is 0. The molecule has 3 nitrogen and oxygen atoms in total. The average Bonchev–Trinajstić information content (AvgIpc) is 3.91. The molecule has 3 heteroatoms. The molecule has 0 bridgehead atoms. The van der Waals surface area contributed by atoms with Gasteiger partial charge < -0.3 is 13.6 Å². The van der Waals surface area contributed by atoms with Crippen molar-refractivity contribution in [1.29, 1.82) is 0 Å². The van der Waals surface area contributed by atoms with E-state index in [1.807, 2.05) is 6.07 Å². The van der Waals surface area contributed by atoms with Crippen molar-refractivity contribution in [2.24, 2.45) is 0 Å². The molecule has 3 heterocycles. The highest BCUT2D eigenvalue weighted by atomic mass is 16.3. The van der Waals surface area contributed by atoms with Crippen molar-refractivity contribution in [1.82, 2.24) is 9.13 Å². The van der Waals surface area contributed by atoms with Crippen molar-refractivity contribution in [2.75, 3.05) is 0 Å². The maximum Gasteiger partial charge on any atom is 0.136 e. The van der Waals surface area contributed by atoms with Crippen LogP contribution in [0, 0.1) is 0 Å². The topological polar surface area (TPSA) is 23.0 Å². The highest BCUT2D eigenvalue weighted by molar-refractivity contribution is 6.15. The van der Waals surface area contributed by atoms with Gasteiger partial charge in [-0.1, -0.05) is 127 Å². The third kappa shape index (κ3) is 4.44. The maximum atomic E-state index is 6.34. The van der Waals surface area contributed by atoms with E-state index in [4.69, 9.17) is 4.42 Å². The van der Waals surface area contributed by atoms with Crippen molar-refractivity contribution >= 4 is 76.3 Å². The molecular weight excluding hydrogens is 669 g/mol.